The minimum Gasteiger partial charge on any atom is -0.506 e. The highest BCUT2D eigenvalue weighted by Crippen LogP contribution is 2.38. The van der Waals surface area contributed by atoms with Crippen LogP contribution in [0.5, 0.6) is 5.75 Å². The van der Waals surface area contributed by atoms with Crippen LogP contribution < -0.4 is 5.43 Å². The molecule has 10 heteroatoms. The summed E-state index contributed by atoms with van der Waals surface area (Å²) in [7, 11) is 0. The number of phenols is 1. The Balaban J connectivity index is 1.63. The van der Waals surface area contributed by atoms with Crippen molar-refractivity contribution >= 4 is 59.9 Å². The van der Waals surface area contributed by atoms with E-state index in [0.29, 0.717) is 24.8 Å². The van der Waals surface area contributed by atoms with Gasteiger partial charge in [-0.15, -0.1) is 5.10 Å². The molecule has 0 radical (unpaired) electrons. The second kappa shape index (κ2) is 9.76. The largest absolute Gasteiger partial charge is 0.506 e. The molecule has 1 heterocycles. The highest BCUT2D eigenvalue weighted by atomic mass is 79.9. The number of hydrogen-bond acceptors (Lipinski definition) is 5. The molecular formula is C22H14Br3N5O2. The fraction of sp³-hybridized carbons (Fsp3) is 0. The van der Waals surface area contributed by atoms with Crippen LogP contribution in [0.15, 0.2) is 85.2 Å². The first-order valence-electron chi connectivity index (χ1n) is 9.23. The Bertz CT molecular complexity index is 1250. The summed E-state index contributed by atoms with van der Waals surface area (Å²) in [6.07, 6.45) is 1.41. The lowest BCUT2D eigenvalue weighted by molar-refractivity contribution is 0.0945. The van der Waals surface area contributed by atoms with Crippen LogP contribution in [-0.2, 0) is 0 Å². The molecule has 0 bridgehead atoms. The maximum Gasteiger partial charge on any atom is 0.311 e. The molecule has 0 fully saturated rings. The van der Waals surface area contributed by atoms with E-state index < -0.39 is 5.91 Å². The van der Waals surface area contributed by atoms with E-state index in [1.54, 1.807) is 10.7 Å². The number of carbonyl (C=O) groups excluding carboxylic acids is 1. The Kier molecular flexibility index (Phi) is 6.83. The third-order valence-electron chi connectivity index (χ3n) is 4.38. The van der Waals surface area contributed by atoms with E-state index in [4.69, 9.17) is 0 Å². The number of hydrazone groups is 1. The topological polar surface area (TPSA) is 92.4 Å². The van der Waals surface area contributed by atoms with Gasteiger partial charge in [0.1, 0.15) is 5.75 Å². The summed E-state index contributed by atoms with van der Waals surface area (Å²) in [5, 5.41) is 18.5. The minimum absolute atomic E-state index is 0.0248. The van der Waals surface area contributed by atoms with Crippen molar-refractivity contribution in [3.8, 4) is 22.8 Å². The molecule has 4 rings (SSSR count). The minimum atomic E-state index is -0.568. The number of hydrogen-bond donors (Lipinski definition) is 2. The summed E-state index contributed by atoms with van der Waals surface area (Å²) >= 11 is 9.98. The smallest absolute Gasteiger partial charge is 0.311 e. The molecule has 32 heavy (non-hydrogen) atoms. The maximum absolute atomic E-state index is 12.7. The van der Waals surface area contributed by atoms with Crippen LogP contribution in [0.25, 0.3) is 17.1 Å². The van der Waals surface area contributed by atoms with Crippen molar-refractivity contribution in [1.82, 2.24) is 20.2 Å². The van der Waals surface area contributed by atoms with Gasteiger partial charge >= 0.3 is 5.91 Å². The number of amides is 1. The van der Waals surface area contributed by atoms with Gasteiger partial charge in [-0.3, -0.25) is 4.79 Å². The SMILES string of the molecule is O=C(N/N=C\c1c(Br)cc(Br)c(O)c1Br)c1nc(-c2ccccc2)n(-c2ccccc2)n1. The molecule has 0 spiro atoms. The van der Waals surface area contributed by atoms with Gasteiger partial charge in [0.05, 0.1) is 20.8 Å². The number of nitrogens with one attached hydrogen (secondary N) is 1. The zero-order valence-corrected chi connectivity index (χ0v) is 21.0. The third kappa shape index (κ3) is 4.67. The fourth-order valence-electron chi connectivity index (χ4n) is 2.85. The summed E-state index contributed by atoms with van der Waals surface area (Å²) in [5.41, 5.74) is 4.59. The van der Waals surface area contributed by atoms with Gasteiger partial charge in [-0.2, -0.15) is 5.10 Å². The van der Waals surface area contributed by atoms with Gasteiger partial charge in [-0.25, -0.2) is 15.1 Å². The number of rotatable bonds is 5. The molecule has 1 amide bonds. The summed E-state index contributed by atoms with van der Waals surface area (Å²) in [5.74, 6) is -0.0330. The molecule has 0 saturated heterocycles. The van der Waals surface area contributed by atoms with E-state index in [2.05, 4.69) is 68.4 Å². The van der Waals surface area contributed by atoms with Crippen molar-refractivity contribution in [2.24, 2.45) is 5.10 Å². The standard InChI is InChI=1S/C22H14Br3N5O2/c23-16-11-17(24)19(31)18(25)15(16)12-26-28-22(32)20-27-21(13-7-3-1-4-8-13)30(29-20)14-9-5-2-6-10-14/h1-12,31H,(H,28,32)/b26-12-. The van der Waals surface area contributed by atoms with Gasteiger partial charge in [-0.1, -0.05) is 64.5 Å². The van der Waals surface area contributed by atoms with E-state index in [9.17, 15) is 9.90 Å². The number of nitrogens with zero attached hydrogens (tertiary/aromatic N) is 4. The van der Waals surface area contributed by atoms with Crippen molar-refractivity contribution in [2.75, 3.05) is 0 Å². The van der Waals surface area contributed by atoms with Gasteiger partial charge in [0.25, 0.3) is 0 Å². The van der Waals surface area contributed by atoms with Crippen LogP contribution in [0.3, 0.4) is 0 Å². The number of aromatic hydroxyl groups is 1. The Labute approximate surface area is 208 Å². The molecule has 1 aromatic heterocycles. The molecule has 0 unspecified atom stereocenters. The molecule has 0 aliphatic heterocycles. The molecule has 0 aliphatic carbocycles. The second-order valence-corrected chi connectivity index (χ2v) is 8.99. The van der Waals surface area contributed by atoms with Crippen LogP contribution in [0.4, 0.5) is 0 Å². The average Bonchev–Trinajstić information content (AvgIpc) is 3.26. The van der Waals surface area contributed by atoms with Crippen LogP contribution in [-0.4, -0.2) is 32.0 Å². The molecule has 3 aromatic carbocycles. The van der Waals surface area contributed by atoms with Gasteiger partial charge in [0, 0.05) is 15.6 Å². The fourth-order valence-corrected chi connectivity index (χ4v) is 5.18. The monoisotopic (exact) mass is 617 g/mol. The average molecular weight is 620 g/mol. The molecule has 4 aromatic rings. The molecule has 160 valence electrons. The Morgan fingerprint density at radius 3 is 2.34 bits per heavy atom. The van der Waals surface area contributed by atoms with Crippen molar-refractivity contribution in [3.05, 3.63) is 91.5 Å². The van der Waals surface area contributed by atoms with E-state index in [0.717, 1.165) is 11.3 Å². The predicted molar refractivity (Wildman–Crippen MR) is 133 cm³/mol. The molecule has 2 N–H and O–H groups in total. The van der Waals surface area contributed by atoms with Crippen molar-refractivity contribution < 1.29 is 9.90 Å². The van der Waals surface area contributed by atoms with Crippen LogP contribution >= 0.6 is 47.8 Å². The molecule has 7 nitrogen and oxygen atoms in total. The first-order valence-corrected chi connectivity index (χ1v) is 11.6. The highest BCUT2D eigenvalue weighted by Gasteiger charge is 2.18. The molecule has 0 atom stereocenters. The lowest BCUT2D eigenvalue weighted by Crippen LogP contribution is -2.19. The number of para-hydroxylation sites is 1. The van der Waals surface area contributed by atoms with Crippen molar-refractivity contribution in [3.63, 3.8) is 0 Å². The maximum atomic E-state index is 12.7. The van der Waals surface area contributed by atoms with Crippen molar-refractivity contribution in [2.45, 2.75) is 0 Å². The molecular weight excluding hydrogens is 606 g/mol. The van der Waals surface area contributed by atoms with E-state index >= 15 is 0 Å². The number of phenolic OH excluding ortho intramolecular Hbond substituents is 1. The van der Waals surface area contributed by atoms with E-state index in [1.165, 1.54) is 6.21 Å². The van der Waals surface area contributed by atoms with Crippen molar-refractivity contribution in [1.29, 1.82) is 0 Å². The summed E-state index contributed by atoms with van der Waals surface area (Å²) in [6, 6.07) is 20.6. The van der Waals surface area contributed by atoms with Gasteiger partial charge in [0.2, 0.25) is 5.82 Å². The lowest BCUT2D eigenvalue weighted by atomic mass is 10.2. The van der Waals surface area contributed by atoms with E-state index in [1.807, 2.05) is 60.7 Å². The Morgan fingerprint density at radius 1 is 1.00 bits per heavy atom. The number of halogens is 3. The van der Waals surface area contributed by atoms with Gasteiger partial charge in [-0.05, 0) is 50.1 Å². The number of aromatic nitrogens is 3. The normalized spacial score (nSPS) is 11.1. The zero-order chi connectivity index (χ0) is 22.7. The quantitative estimate of drug-likeness (QED) is 0.222. The van der Waals surface area contributed by atoms with Gasteiger partial charge < -0.3 is 5.11 Å². The molecule has 0 saturated carbocycles. The van der Waals surface area contributed by atoms with Crippen LogP contribution in [0.1, 0.15) is 16.2 Å². The number of benzene rings is 3. The predicted octanol–water partition coefficient (Wildman–Crippen LogP) is 5.69. The van der Waals surface area contributed by atoms with Crippen LogP contribution in [0.2, 0.25) is 0 Å². The zero-order valence-electron chi connectivity index (χ0n) is 16.2. The summed E-state index contributed by atoms with van der Waals surface area (Å²) in [4.78, 5) is 17.2. The first kappa shape index (κ1) is 22.4. The third-order valence-corrected chi connectivity index (χ3v) is 6.45. The van der Waals surface area contributed by atoms with Gasteiger partial charge in [0.15, 0.2) is 5.82 Å². The first-order chi connectivity index (χ1) is 15.5. The Hall–Kier alpha value is -2.82. The summed E-state index contributed by atoms with van der Waals surface area (Å²) in [6.45, 7) is 0. The van der Waals surface area contributed by atoms with E-state index in [-0.39, 0.29) is 11.6 Å². The Morgan fingerprint density at radius 2 is 1.66 bits per heavy atom. The lowest BCUT2D eigenvalue weighted by Gasteiger charge is -2.06. The van der Waals surface area contributed by atoms with Crippen LogP contribution in [0, 0.1) is 0 Å². The highest BCUT2D eigenvalue weighted by molar-refractivity contribution is 9.11. The number of carbonyl (C=O) groups is 1. The molecule has 0 aliphatic rings. The summed E-state index contributed by atoms with van der Waals surface area (Å²) < 4.78 is 3.23. The second-order valence-electron chi connectivity index (χ2n) is 6.49.